The Balaban J connectivity index is 2.14. The molecule has 0 saturated carbocycles. The summed E-state index contributed by atoms with van der Waals surface area (Å²) in [5, 5.41) is 0. The Kier molecular flexibility index (Phi) is 11.5. The number of benzene rings is 1. The van der Waals surface area contributed by atoms with Gasteiger partial charge in [0.05, 0.1) is 6.61 Å². The third-order valence-electron chi connectivity index (χ3n) is 4.16. The van der Waals surface area contributed by atoms with Gasteiger partial charge in [0.25, 0.3) is 0 Å². The molecule has 0 N–H and O–H groups in total. The zero-order chi connectivity index (χ0) is 18.3. The van der Waals surface area contributed by atoms with Crippen LogP contribution in [0.2, 0.25) is 0 Å². The topological polar surface area (TPSA) is 35.5 Å². The Bertz CT molecular complexity index is 508. The fourth-order valence-electron chi connectivity index (χ4n) is 2.61. The van der Waals surface area contributed by atoms with Gasteiger partial charge >= 0.3 is 5.97 Å². The Hall–Kier alpha value is -1.77. The summed E-state index contributed by atoms with van der Waals surface area (Å²) in [5.74, 6) is 0.658. The zero-order valence-electron chi connectivity index (χ0n) is 16.0. The highest BCUT2D eigenvalue weighted by molar-refractivity contribution is 5.89. The minimum absolute atomic E-state index is 0.379. The van der Waals surface area contributed by atoms with Gasteiger partial charge in [-0.15, -0.1) is 0 Å². The molecule has 0 unspecified atom stereocenters. The molecule has 0 radical (unpaired) electrons. The summed E-state index contributed by atoms with van der Waals surface area (Å²) in [4.78, 5) is 11.6. The Morgan fingerprint density at radius 2 is 1.40 bits per heavy atom. The number of para-hydroxylation sites is 2. The first-order valence-corrected chi connectivity index (χ1v) is 9.74. The Morgan fingerprint density at radius 3 is 1.96 bits per heavy atom. The number of carbonyl (C=O) groups is 1. The van der Waals surface area contributed by atoms with Crippen molar-refractivity contribution < 1.29 is 14.3 Å². The molecule has 0 fully saturated rings. The third-order valence-corrected chi connectivity index (χ3v) is 4.16. The van der Waals surface area contributed by atoms with Crippen LogP contribution in [0, 0.1) is 0 Å². The van der Waals surface area contributed by atoms with Crippen LogP contribution in [0.3, 0.4) is 0 Å². The van der Waals surface area contributed by atoms with Gasteiger partial charge in [0, 0.05) is 5.57 Å². The van der Waals surface area contributed by atoms with Crippen molar-refractivity contribution in [3.8, 4) is 11.5 Å². The van der Waals surface area contributed by atoms with Crippen LogP contribution in [0.15, 0.2) is 36.4 Å². The monoisotopic (exact) mass is 346 g/mol. The minimum atomic E-state index is -0.421. The molecule has 3 nitrogen and oxygen atoms in total. The van der Waals surface area contributed by atoms with Gasteiger partial charge in [-0.2, -0.15) is 0 Å². The number of hydrogen-bond donors (Lipinski definition) is 0. The number of carbonyl (C=O) groups excluding carboxylic acids is 1. The molecular weight excluding hydrogens is 312 g/mol. The fraction of sp³-hybridized carbons (Fsp3) is 0.591. The molecule has 0 spiro atoms. The number of hydrogen-bond acceptors (Lipinski definition) is 3. The van der Waals surface area contributed by atoms with Gasteiger partial charge in [-0.3, -0.25) is 0 Å². The second-order valence-electron chi connectivity index (χ2n) is 6.65. The lowest BCUT2D eigenvalue weighted by atomic mass is 10.1. The Labute approximate surface area is 153 Å². The molecule has 0 atom stereocenters. The van der Waals surface area contributed by atoms with E-state index in [2.05, 4.69) is 13.5 Å². The standard InChI is InChI=1S/C22H34O3/c1-4-5-6-7-8-9-10-11-12-15-18-24-20-16-13-14-17-21(20)25-22(23)19(2)3/h13-14,16-17H,2,4-12,15,18H2,1,3H3. The van der Waals surface area contributed by atoms with Crippen LogP contribution in [0.25, 0.3) is 0 Å². The number of rotatable bonds is 14. The van der Waals surface area contributed by atoms with E-state index >= 15 is 0 Å². The molecule has 0 bridgehead atoms. The predicted molar refractivity (Wildman–Crippen MR) is 104 cm³/mol. The molecule has 0 heterocycles. The van der Waals surface area contributed by atoms with Gasteiger partial charge in [-0.1, -0.05) is 83.4 Å². The Morgan fingerprint density at radius 1 is 0.880 bits per heavy atom. The fourth-order valence-corrected chi connectivity index (χ4v) is 2.61. The summed E-state index contributed by atoms with van der Waals surface area (Å²) in [6.07, 6.45) is 13.0. The summed E-state index contributed by atoms with van der Waals surface area (Å²) >= 11 is 0. The van der Waals surface area contributed by atoms with Crippen LogP contribution < -0.4 is 9.47 Å². The van der Waals surface area contributed by atoms with Crippen LogP contribution in [0.4, 0.5) is 0 Å². The number of esters is 1. The molecule has 0 aliphatic heterocycles. The quantitative estimate of drug-likeness (QED) is 0.168. The molecule has 140 valence electrons. The molecule has 0 saturated heterocycles. The maximum atomic E-state index is 11.6. The van der Waals surface area contributed by atoms with E-state index in [-0.39, 0.29) is 0 Å². The third kappa shape index (κ3) is 9.96. The first-order valence-electron chi connectivity index (χ1n) is 9.74. The molecular formula is C22H34O3. The van der Waals surface area contributed by atoms with Crippen molar-refractivity contribution in [2.75, 3.05) is 6.61 Å². The SMILES string of the molecule is C=C(C)C(=O)Oc1ccccc1OCCCCCCCCCCCC. The van der Waals surface area contributed by atoms with E-state index in [4.69, 9.17) is 9.47 Å². The second kappa shape index (κ2) is 13.5. The average Bonchev–Trinajstić information content (AvgIpc) is 2.60. The lowest BCUT2D eigenvalue weighted by molar-refractivity contribution is -0.130. The predicted octanol–water partition coefficient (Wildman–Crippen LogP) is 6.47. The van der Waals surface area contributed by atoms with Crippen molar-refractivity contribution in [3.05, 3.63) is 36.4 Å². The molecule has 0 amide bonds. The van der Waals surface area contributed by atoms with E-state index in [1.165, 1.54) is 57.8 Å². The van der Waals surface area contributed by atoms with Gasteiger partial charge in [0.2, 0.25) is 0 Å². The van der Waals surface area contributed by atoms with Crippen molar-refractivity contribution in [1.82, 2.24) is 0 Å². The zero-order valence-corrected chi connectivity index (χ0v) is 16.0. The maximum absolute atomic E-state index is 11.6. The number of unbranched alkanes of at least 4 members (excludes halogenated alkanes) is 9. The maximum Gasteiger partial charge on any atom is 0.338 e. The largest absolute Gasteiger partial charge is 0.490 e. The van der Waals surface area contributed by atoms with Crippen LogP contribution in [0.5, 0.6) is 11.5 Å². The van der Waals surface area contributed by atoms with E-state index in [1.807, 2.05) is 18.2 Å². The van der Waals surface area contributed by atoms with E-state index in [1.54, 1.807) is 13.0 Å². The smallest absolute Gasteiger partial charge is 0.338 e. The lowest BCUT2D eigenvalue weighted by Crippen LogP contribution is -2.09. The van der Waals surface area contributed by atoms with Crippen LogP contribution in [0.1, 0.15) is 78.1 Å². The van der Waals surface area contributed by atoms with Crippen LogP contribution in [-0.2, 0) is 4.79 Å². The van der Waals surface area contributed by atoms with Gasteiger partial charge < -0.3 is 9.47 Å². The summed E-state index contributed by atoms with van der Waals surface area (Å²) in [5.41, 5.74) is 0.379. The van der Waals surface area contributed by atoms with E-state index < -0.39 is 5.97 Å². The van der Waals surface area contributed by atoms with Crippen molar-refractivity contribution >= 4 is 5.97 Å². The van der Waals surface area contributed by atoms with Gasteiger partial charge in [0.15, 0.2) is 11.5 Å². The van der Waals surface area contributed by atoms with Gasteiger partial charge in [0.1, 0.15) is 0 Å². The molecule has 0 aromatic heterocycles. The van der Waals surface area contributed by atoms with Crippen molar-refractivity contribution in [3.63, 3.8) is 0 Å². The van der Waals surface area contributed by atoms with E-state index in [0.717, 1.165) is 6.42 Å². The first kappa shape index (κ1) is 21.3. The first-order chi connectivity index (χ1) is 12.1. The minimum Gasteiger partial charge on any atom is -0.490 e. The van der Waals surface area contributed by atoms with Gasteiger partial charge in [-0.25, -0.2) is 4.79 Å². The van der Waals surface area contributed by atoms with Crippen molar-refractivity contribution in [2.24, 2.45) is 0 Å². The van der Waals surface area contributed by atoms with E-state index in [9.17, 15) is 4.79 Å². The molecule has 0 aliphatic carbocycles. The normalized spacial score (nSPS) is 10.5. The van der Waals surface area contributed by atoms with Gasteiger partial charge in [-0.05, 0) is 25.5 Å². The average molecular weight is 347 g/mol. The summed E-state index contributed by atoms with van der Waals surface area (Å²) < 4.78 is 11.1. The second-order valence-corrected chi connectivity index (χ2v) is 6.65. The van der Waals surface area contributed by atoms with Crippen molar-refractivity contribution in [1.29, 1.82) is 0 Å². The van der Waals surface area contributed by atoms with E-state index in [0.29, 0.717) is 23.7 Å². The number of ether oxygens (including phenoxy) is 2. The molecule has 0 aliphatic rings. The van der Waals surface area contributed by atoms with Crippen molar-refractivity contribution in [2.45, 2.75) is 78.1 Å². The molecule has 1 aromatic rings. The summed E-state index contributed by atoms with van der Waals surface area (Å²) in [7, 11) is 0. The highest BCUT2D eigenvalue weighted by atomic mass is 16.6. The van der Waals surface area contributed by atoms with Crippen LogP contribution in [-0.4, -0.2) is 12.6 Å². The molecule has 25 heavy (non-hydrogen) atoms. The van der Waals surface area contributed by atoms with Crippen LogP contribution >= 0.6 is 0 Å². The lowest BCUT2D eigenvalue weighted by Gasteiger charge is -2.11. The molecule has 3 heteroatoms. The molecule has 1 rings (SSSR count). The molecule has 1 aromatic carbocycles. The highest BCUT2D eigenvalue weighted by Crippen LogP contribution is 2.27. The summed E-state index contributed by atoms with van der Waals surface area (Å²) in [6, 6.07) is 7.28. The summed E-state index contributed by atoms with van der Waals surface area (Å²) in [6.45, 7) is 8.14. The highest BCUT2D eigenvalue weighted by Gasteiger charge is 2.10.